The number of hydrogen-bond acceptors (Lipinski definition) is 4. The maximum absolute atomic E-state index is 11.8. The highest BCUT2D eigenvalue weighted by Crippen LogP contribution is 2.37. The molecule has 0 bridgehead atoms. The van der Waals surface area contributed by atoms with E-state index in [-0.39, 0.29) is 17.2 Å². The fourth-order valence-corrected chi connectivity index (χ4v) is 2.47. The Balaban J connectivity index is 2.73. The SMILES string of the molecule is CCOC(=O)c1cnc2c(Br)ccc(OC)c2c1Cl. The van der Waals surface area contributed by atoms with Crippen LogP contribution in [-0.2, 0) is 4.74 Å². The summed E-state index contributed by atoms with van der Waals surface area (Å²) < 4.78 is 11.0. The molecule has 0 amide bonds. The molecule has 0 saturated heterocycles. The van der Waals surface area contributed by atoms with Crippen LogP contribution in [0.15, 0.2) is 22.8 Å². The van der Waals surface area contributed by atoms with Gasteiger partial charge < -0.3 is 9.47 Å². The Morgan fingerprint density at radius 3 is 2.84 bits per heavy atom. The minimum atomic E-state index is -0.496. The number of carbonyl (C=O) groups is 1. The molecule has 0 atom stereocenters. The van der Waals surface area contributed by atoms with Crippen molar-refractivity contribution < 1.29 is 14.3 Å². The number of ether oxygens (including phenoxy) is 2. The summed E-state index contributed by atoms with van der Waals surface area (Å²) in [5.74, 6) is 0.0609. The van der Waals surface area contributed by atoms with Crippen molar-refractivity contribution in [3.63, 3.8) is 0 Å². The number of methoxy groups -OCH3 is 1. The van der Waals surface area contributed by atoms with Crippen molar-refractivity contribution in [1.29, 1.82) is 0 Å². The molecule has 4 nitrogen and oxygen atoms in total. The van der Waals surface area contributed by atoms with Crippen LogP contribution in [0.25, 0.3) is 10.9 Å². The van der Waals surface area contributed by atoms with Crippen molar-refractivity contribution in [3.8, 4) is 5.75 Å². The summed E-state index contributed by atoms with van der Waals surface area (Å²) in [7, 11) is 1.54. The first-order valence-corrected chi connectivity index (χ1v) is 6.75. The lowest BCUT2D eigenvalue weighted by molar-refractivity contribution is 0.0526. The van der Waals surface area contributed by atoms with E-state index in [0.717, 1.165) is 4.47 Å². The van der Waals surface area contributed by atoms with Gasteiger partial charge in [-0.3, -0.25) is 4.98 Å². The summed E-state index contributed by atoms with van der Waals surface area (Å²) in [5, 5.41) is 0.866. The van der Waals surface area contributed by atoms with Crippen molar-refractivity contribution in [2.75, 3.05) is 13.7 Å². The molecule has 0 N–H and O–H groups in total. The lowest BCUT2D eigenvalue weighted by Gasteiger charge is -2.11. The highest BCUT2D eigenvalue weighted by molar-refractivity contribution is 9.10. The van der Waals surface area contributed by atoms with E-state index in [1.165, 1.54) is 13.3 Å². The van der Waals surface area contributed by atoms with E-state index in [1.54, 1.807) is 13.0 Å². The summed E-state index contributed by atoms with van der Waals surface area (Å²) in [6, 6.07) is 3.57. The Labute approximate surface area is 123 Å². The van der Waals surface area contributed by atoms with Gasteiger partial charge in [-0.1, -0.05) is 11.6 Å². The maximum Gasteiger partial charge on any atom is 0.341 e. The van der Waals surface area contributed by atoms with Gasteiger partial charge in [-0.05, 0) is 35.0 Å². The van der Waals surface area contributed by atoms with E-state index in [2.05, 4.69) is 20.9 Å². The number of benzene rings is 1. The summed E-state index contributed by atoms with van der Waals surface area (Å²) in [6.45, 7) is 2.01. The fourth-order valence-electron chi connectivity index (χ4n) is 1.73. The van der Waals surface area contributed by atoms with Gasteiger partial charge in [-0.15, -0.1) is 0 Å². The number of aromatic nitrogens is 1. The molecule has 19 heavy (non-hydrogen) atoms. The predicted molar refractivity (Wildman–Crippen MR) is 77.0 cm³/mol. The minimum absolute atomic E-state index is 0.229. The van der Waals surface area contributed by atoms with Crippen molar-refractivity contribution >= 4 is 44.4 Å². The Hall–Kier alpha value is -1.33. The molecule has 0 spiro atoms. The van der Waals surface area contributed by atoms with Crippen LogP contribution in [-0.4, -0.2) is 24.7 Å². The number of esters is 1. The van der Waals surface area contributed by atoms with Gasteiger partial charge in [0.05, 0.1) is 35.2 Å². The Morgan fingerprint density at radius 2 is 2.21 bits per heavy atom. The number of rotatable bonds is 3. The summed E-state index contributed by atoms with van der Waals surface area (Å²) >= 11 is 9.68. The van der Waals surface area contributed by atoms with Gasteiger partial charge in [-0.2, -0.15) is 0 Å². The Kier molecular flexibility index (Phi) is 4.27. The molecular weight excluding hydrogens is 334 g/mol. The molecule has 0 saturated carbocycles. The second-order valence-corrected chi connectivity index (χ2v) is 4.91. The Bertz CT molecular complexity index is 645. The fraction of sp³-hybridized carbons (Fsp3) is 0.231. The van der Waals surface area contributed by atoms with E-state index in [0.29, 0.717) is 16.7 Å². The first-order valence-electron chi connectivity index (χ1n) is 5.58. The van der Waals surface area contributed by atoms with Gasteiger partial charge in [0, 0.05) is 10.7 Å². The standard InChI is InChI=1S/C13H11BrClNO3/c1-3-19-13(17)7-6-16-12-8(14)4-5-9(18-2)10(12)11(7)15/h4-6H,3H2,1-2H3. The molecule has 0 fully saturated rings. The molecule has 0 aliphatic heterocycles. The van der Waals surface area contributed by atoms with Crippen molar-refractivity contribution in [2.45, 2.75) is 6.92 Å². The van der Waals surface area contributed by atoms with Crippen molar-refractivity contribution in [3.05, 3.63) is 33.4 Å². The monoisotopic (exact) mass is 343 g/mol. The highest BCUT2D eigenvalue weighted by Gasteiger charge is 2.18. The zero-order valence-corrected chi connectivity index (χ0v) is 12.7. The van der Waals surface area contributed by atoms with Crippen molar-refractivity contribution in [2.24, 2.45) is 0 Å². The molecule has 2 rings (SSSR count). The zero-order chi connectivity index (χ0) is 14.0. The van der Waals surface area contributed by atoms with E-state index in [4.69, 9.17) is 21.1 Å². The number of hydrogen-bond donors (Lipinski definition) is 0. The van der Waals surface area contributed by atoms with Gasteiger partial charge in [0.25, 0.3) is 0 Å². The lowest BCUT2D eigenvalue weighted by atomic mass is 10.1. The second-order valence-electron chi connectivity index (χ2n) is 3.68. The van der Waals surface area contributed by atoms with Crippen LogP contribution in [0.4, 0.5) is 0 Å². The van der Waals surface area contributed by atoms with E-state index >= 15 is 0 Å². The van der Waals surface area contributed by atoms with Crippen LogP contribution in [0.5, 0.6) is 5.75 Å². The average molecular weight is 345 g/mol. The Morgan fingerprint density at radius 1 is 1.47 bits per heavy atom. The number of halogens is 2. The van der Waals surface area contributed by atoms with Gasteiger partial charge >= 0.3 is 5.97 Å². The highest BCUT2D eigenvalue weighted by atomic mass is 79.9. The number of nitrogens with zero attached hydrogens (tertiary/aromatic N) is 1. The molecule has 0 aliphatic rings. The quantitative estimate of drug-likeness (QED) is 0.794. The number of fused-ring (bicyclic) bond motifs is 1. The molecule has 1 aromatic carbocycles. The number of carbonyl (C=O) groups excluding carboxylic acids is 1. The third-order valence-electron chi connectivity index (χ3n) is 2.58. The molecule has 2 aromatic rings. The third-order valence-corrected chi connectivity index (χ3v) is 3.62. The maximum atomic E-state index is 11.8. The van der Waals surface area contributed by atoms with E-state index in [1.807, 2.05) is 6.07 Å². The zero-order valence-electron chi connectivity index (χ0n) is 10.4. The smallest absolute Gasteiger partial charge is 0.341 e. The summed E-state index contributed by atoms with van der Waals surface area (Å²) in [5.41, 5.74) is 0.866. The van der Waals surface area contributed by atoms with Gasteiger partial charge in [0.2, 0.25) is 0 Å². The third kappa shape index (κ3) is 2.53. The topological polar surface area (TPSA) is 48.4 Å². The molecule has 1 heterocycles. The summed E-state index contributed by atoms with van der Waals surface area (Å²) in [4.78, 5) is 16.0. The molecule has 0 unspecified atom stereocenters. The van der Waals surface area contributed by atoms with Crippen LogP contribution in [0.2, 0.25) is 5.02 Å². The van der Waals surface area contributed by atoms with Crippen LogP contribution < -0.4 is 4.74 Å². The minimum Gasteiger partial charge on any atom is -0.496 e. The number of pyridine rings is 1. The van der Waals surface area contributed by atoms with E-state index in [9.17, 15) is 4.79 Å². The molecule has 6 heteroatoms. The predicted octanol–water partition coefficient (Wildman–Crippen LogP) is 3.84. The van der Waals surface area contributed by atoms with Crippen LogP contribution in [0.1, 0.15) is 17.3 Å². The van der Waals surface area contributed by atoms with Crippen molar-refractivity contribution in [1.82, 2.24) is 4.98 Å². The molecular formula is C13H11BrClNO3. The first kappa shape index (κ1) is 14.1. The second kappa shape index (κ2) is 5.75. The molecule has 100 valence electrons. The van der Waals surface area contributed by atoms with Gasteiger partial charge in [-0.25, -0.2) is 4.79 Å². The summed E-state index contributed by atoms with van der Waals surface area (Å²) in [6.07, 6.45) is 1.41. The van der Waals surface area contributed by atoms with Gasteiger partial charge in [0.15, 0.2) is 0 Å². The average Bonchev–Trinajstić information content (AvgIpc) is 2.40. The van der Waals surface area contributed by atoms with E-state index < -0.39 is 5.97 Å². The first-order chi connectivity index (χ1) is 9.10. The molecule has 1 aromatic heterocycles. The van der Waals surface area contributed by atoms with Crippen LogP contribution >= 0.6 is 27.5 Å². The van der Waals surface area contributed by atoms with Crippen LogP contribution in [0.3, 0.4) is 0 Å². The largest absolute Gasteiger partial charge is 0.496 e. The lowest BCUT2D eigenvalue weighted by Crippen LogP contribution is -2.06. The van der Waals surface area contributed by atoms with Gasteiger partial charge in [0.1, 0.15) is 5.75 Å². The van der Waals surface area contributed by atoms with Crippen LogP contribution in [0, 0.1) is 0 Å². The normalized spacial score (nSPS) is 10.5. The molecule has 0 aliphatic carbocycles. The molecule has 0 radical (unpaired) electrons.